The smallest absolute Gasteiger partial charge is 0.229 e. The van der Waals surface area contributed by atoms with Crippen molar-refractivity contribution in [3.8, 4) is 22.8 Å². The molecule has 5 rings (SSSR count). The van der Waals surface area contributed by atoms with E-state index in [-0.39, 0.29) is 0 Å². The number of aromatic amines is 1. The van der Waals surface area contributed by atoms with Crippen LogP contribution in [0.2, 0.25) is 0 Å². The van der Waals surface area contributed by atoms with E-state index in [0.29, 0.717) is 12.6 Å². The first kappa shape index (κ1) is 16.3. The lowest BCUT2D eigenvalue weighted by molar-refractivity contribution is 0.306. The molecule has 136 valence electrons. The molecule has 5 aromatic rings. The summed E-state index contributed by atoms with van der Waals surface area (Å²) in [4.78, 5) is 7.90. The van der Waals surface area contributed by atoms with E-state index in [2.05, 4.69) is 51.5 Å². The summed E-state index contributed by atoms with van der Waals surface area (Å²) < 4.78 is 7.59. The fraction of sp³-hybridized carbons (Fsp3) is 0.0435. The van der Waals surface area contributed by atoms with E-state index in [4.69, 9.17) is 4.74 Å². The highest BCUT2D eigenvalue weighted by Crippen LogP contribution is 2.26. The van der Waals surface area contributed by atoms with Gasteiger partial charge in [-0.05, 0) is 47.0 Å². The molecule has 0 atom stereocenters. The van der Waals surface area contributed by atoms with Gasteiger partial charge >= 0.3 is 0 Å². The SMILES string of the molecule is c1ccc(COc2ccc(-c3ccc4nc(-n5cccn5)[nH]c4c3)cc2)cc1. The summed E-state index contributed by atoms with van der Waals surface area (Å²) in [5, 5.41) is 4.22. The number of aromatic nitrogens is 4. The van der Waals surface area contributed by atoms with E-state index in [9.17, 15) is 0 Å². The summed E-state index contributed by atoms with van der Waals surface area (Å²) in [7, 11) is 0. The molecular weight excluding hydrogens is 348 g/mol. The predicted molar refractivity (Wildman–Crippen MR) is 109 cm³/mol. The Balaban J connectivity index is 1.36. The second-order valence-corrected chi connectivity index (χ2v) is 6.54. The van der Waals surface area contributed by atoms with Crippen molar-refractivity contribution in [1.82, 2.24) is 19.7 Å². The van der Waals surface area contributed by atoms with Gasteiger partial charge in [-0.15, -0.1) is 0 Å². The fourth-order valence-electron chi connectivity index (χ4n) is 3.16. The Hall–Kier alpha value is -3.86. The number of nitrogens with zero attached hydrogens (tertiary/aromatic N) is 3. The molecule has 0 radical (unpaired) electrons. The Bertz CT molecular complexity index is 1190. The Morgan fingerprint density at radius 1 is 0.857 bits per heavy atom. The Labute approximate surface area is 162 Å². The minimum absolute atomic E-state index is 0.566. The molecule has 1 N–H and O–H groups in total. The first-order valence-corrected chi connectivity index (χ1v) is 9.12. The zero-order valence-corrected chi connectivity index (χ0v) is 15.1. The van der Waals surface area contributed by atoms with Gasteiger partial charge in [-0.25, -0.2) is 9.67 Å². The first-order valence-electron chi connectivity index (χ1n) is 9.12. The van der Waals surface area contributed by atoms with Crippen molar-refractivity contribution >= 4 is 11.0 Å². The van der Waals surface area contributed by atoms with Gasteiger partial charge in [0.1, 0.15) is 12.4 Å². The molecule has 5 nitrogen and oxygen atoms in total. The molecule has 0 saturated heterocycles. The van der Waals surface area contributed by atoms with Gasteiger partial charge in [0.2, 0.25) is 5.95 Å². The standard InChI is InChI=1S/C23H18N4O/c1-2-5-17(6-3-1)16-28-20-10-7-18(8-11-20)19-9-12-21-22(15-19)26-23(25-21)27-14-4-13-24-27/h1-15H,16H2,(H,25,26). The monoisotopic (exact) mass is 366 g/mol. The van der Waals surface area contributed by atoms with Crippen molar-refractivity contribution in [3.63, 3.8) is 0 Å². The van der Waals surface area contributed by atoms with Crippen LogP contribution in [0.3, 0.4) is 0 Å². The largest absolute Gasteiger partial charge is 0.489 e. The van der Waals surface area contributed by atoms with E-state index in [0.717, 1.165) is 33.5 Å². The van der Waals surface area contributed by atoms with E-state index in [1.807, 2.05) is 48.7 Å². The fourth-order valence-corrected chi connectivity index (χ4v) is 3.16. The van der Waals surface area contributed by atoms with Crippen molar-refractivity contribution in [1.29, 1.82) is 0 Å². The lowest BCUT2D eigenvalue weighted by Crippen LogP contribution is -1.95. The van der Waals surface area contributed by atoms with Crippen LogP contribution in [0.5, 0.6) is 5.75 Å². The minimum Gasteiger partial charge on any atom is -0.489 e. The maximum absolute atomic E-state index is 5.87. The summed E-state index contributed by atoms with van der Waals surface area (Å²) in [5.74, 6) is 1.57. The van der Waals surface area contributed by atoms with Crippen LogP contribution in [0.15, 0.2) is 91.3 Å². The van der Waals surface area contributed by atoms with Crippen LogP contribution in [0.1, 0.15) is 5.56 Å². The third-order valence-electron chi connectivity index (χ3n) is 4.63. The number of benzene rings is 3. The Morgan fingerprint density at radius 3 is 2.46 bits per heavy atom. The lowest BCUT2D eigenvalue weighted by atomic mass is 10.1. The van der Waals surface area contributed by atoms with Crippen molar-refractivity contribution in [2.45, 2.75) is 6.61 Å². The molecule has 5 heteroatoms. The second-order valence-electron chi connectivity index (χ2n) is 6.54. The van der Waals surface area contributed by atoms with Gasteiger partial charge in [0.15, 0.2) is 0 Å². The van der Waals surface area contributed by atoms with Crippen LogP contribution in [-0.2, 0) is 6.61 Å². The zero-order chi connectivity index (χ0) is 18.8. The summed E-state index contributed by atoms with van der Waals surface area (Å²) in [5.41, 5.74) is 5.30. The molecule has 0 spiro atoms. The van der Waals surface area contributed by atoms with E-state index >= 15 is 0 Å². The van der Waals surface area contributed by atoms with Crippen molar-refractivity contribution in [2.24, 2.45) is 0 Å². The maximum Gasteiger partial charge on any atom is 0.229 e. The normalized spacial score (nSPS) is 11.0. The van der Waals surface area contributed by atoms with Crippen LogP contribution >= 0.6 is 0 Å². The molecule has 0 unspecified atom stereocenters. The average Bonchev–Trinajstić information content (AvgIpc) is 3.42. The van der Waals surface area contributed by atoms with Gasteiger partial charge in [0.25, 0.3) is 0 Å². The third-order valence-corrected chi connectivity index (χ3v) is 4.63. The number of rotatable bonds is 5. The lowest BCUT2D eigenvalue weighted by Gasteiger charge is -2.07. The van der Waals surface area contributed by atoms with Crippen LogP contribution < -0.4 is 4.74 Å². The summed E-state index contributed by atoms with van der Waals surface area (Å²) in [6.07, 6.45) is 3.60. The molecule has 3 aromatic carbocycles. The van der Waals surface area contributed by atoms with Crippen LogP contribution in [0.4, 0.5) is 0 Å². The number of nitrogens with one attached hydrogen (secondary N) is 1. The van der Waals surface area contributed by atoms with Gasteiger partial charge in [0, 0.05) is 12.4 Å². The molecule has 2 heterocycles. The third kappa shape index (κ3) is 3.25. The van der Waals surface area contributed by atoms with Gasteiger partial charge in [-0.2, -0.15) is 5.10 Å². The first-order chi connectivity index (χ1) is 13.8. The predicted octanol–water partition coefficient (Wildman–Crippen LogP) is 4.99. The van der Waals surface area contributed by atoms with E-state index in [1.165, 1.54) is 0 Å². The molecule has 0 aliphatic rings. The number of hydrogen-bond acceptors (Lipinski definition) is 3. The summed E-state index contributed by atoms with van der Waals surface area (Å²) in [6, 6.07) is 26.4. The van der Waals surface area contributed by atoms with Gasteiger partial charge in [-0.1, -0.05) is 48.5 Å². The molecular formula is C23H18N4O. The zero-order valence-electron chi connectivity index (χ0n) is 15.1. The molecule has 0 bridgehead atoms. The Morgan fingerprint density at radius 2 is 1.68 bits per heavy atom. The molecule has 28 heavy (non-hydrogen) atoms. The highest BCUT2D eigenvalue weighted by Gasteiger charge is 2.07. The van der Waals surface area contributed by atoms with Gasteiger partial charge < -0.3 is 9.72 Å². The average molecular weight is 366 g/mol. The number of imidazole rings is 1. The Kier molecular flexibility index (Phi) is 4.10. The summed E-state index contributed by atoms with van der Waals surface area (Å²) >= 11 is 0. The minimum atomic E-state index is 0.566. The number of fused-ring (bicyclic) bond motifs is 1. The van der Waals surface area contributed by atoms with E-state index < -0.39 is 0 Å². The number of hydrogen-bond donors (Lipinski definition) is 1. The molecule has 2 aromatic heterocycles. The van der Waals surface area contributed by atoms with Crippen LogP contribution in [-0.4, -0.2) is 19.7 Å². The molecule has 0 fully saturated rings. The van der Waals surface area contributed by atoms with Crippen molar-refractivity contribution < 1.29 is 4.74 Å². The number of H-pyrrole nitrogens is 1. The van der Waals surface area contributed by atoms with Gasteiger partial charge in [-0.3, -0.25) is 0 Å². The summed E-state index contributed by atoms with van der Waals surface area (Å²) in [6.45, 7) is 0.566. The molecule has 0 aliphatic heterocycles. The highest BCUT2D eigenvalue weighted by molar-refractivity contribution is 5.82. The van der Waals surface area contributed by atoms with Crippen molar-refractivity contribution in [2.75, 3.05) is 0 Å². The highest BCUT2D eigenvalue weighted by atomic mass is 16.5. The molecule has 0 aliphatic carbocycles. The number of ether oxygens (including phenoxy) is 1. The van der Waals surface area contributed by atoms with Crippen LogP contribution in [0, 0.1) is 0 Å². The van der Waals surface area contributed by atoms with Gasteiger partial charge in [0.05, 0.1) is 11.0 Å². The molecule has 0 amide bonds. The van der Waals surface area contributed by atoms with Crippen molar-refractivity contribution in [3.05, 3.63) is 96.8 Å². The topological polar surface area (TPSA) is 55.7 Å². The van der Waals surface area contributed by atoms with E-state index in [1.54, 1.807) is 10.9 Å². The quantitative estimate of drug-likeness (QED) is 0.476. The van der Waals surface area contributed by atoms with Crippen LogP contribution in [0.25, 0.3) is 28.1 Å². The maximum atomic E-state index is 5.87. The molecule has 0 saturated carbocycles. The second kappa shape index (κ2) is 7.04.